The summed E-state index contributed by atoms with van der Waals surface area (Å²) in [5, 5.41) is 23.1. The molecule has 2 aromatic carbocycles. The lowest BCUT2D eigenvalue weighted by Gasteiger charge is -2.15. The number of amides is 3. The molecule has 9 nitrogen and oxygen atoms in total. The summed E-state index contributed by atoms with van der Waals surface area (Å²) in [6, 6.07) is 13.4. The Labute approximate surface area is 185 Å². The Morgan fingerprint density at radius 1 is 0.781 bits per heavy atom. The third kappa shape index (κ3) is 8.19. The highest BCUT2D eigenvalue weighted by Crippen LogP contribution is 2.16. The minimum Gasteiger partial charge on any atom is -0.479 e. The summed E-state index contributed by atoms with van der Waals surface area (Å²) in [6.07, 6.45) is 3.46. The van der Waals surface area contributed by atoms with E-state index in [2.05, 4.69) is 10.6 Å². The van der Waals surface area contributed by atoms with E-state index in [1.54, 1.807) is 47.9 Å². The summed E-state index contributed by atoms with van der Waals surface area (Å²) in [6.45, 7) is 0. The summed E-state index contributed by atoms with van der Waals surface area (Å²) < 4.78 is 0. The predicted octanol–water partition coefficient (Wildman–Crippen LogP) is 3.03. The maximum atomic E-state index is 12.5. The van der Waals surface area contributed by atoms with Crippen LogP contribution >= 0.6 is 0 Å². The number of nitrogens with one attached hydrogen (secondary N) is 3. The van der Waals surface area contributed by atoms with Crippen molar-refractivity contribution in [3.63, 3.8) is 0 Å². The Kier molecular flexibility index (Phi) is 9.86. The van der Waals surface area contributed by atoms with Gasteiger partial charge >= 0.3 is 5.97 Å². The fraction of sp³-hybridized carbons (Fsp3) is 0.304. The number of carbonyl (C=O) groups excluding carboxylic acids is 3. The van der Waals surface area contributed by atoms with Crippen LogP contribution in [0.25, 0.3) is 0 Å². The molecular weight excluding hydrogens is 414 g/mol. The predicted molar refractivity (Wildman–Crippen MR) is 117 cm³/mol. The van der Waals surface area contributed by atoms with Crippen LogP contribution < -0.4 is 16.1 Å². The lowest BCUT2D eigenvalue weighted by molar-refractivity contribution is -0.139. The van der Waals surface area contributed by atoms with E-state index in [0.29, 0.717) is 30.5 Å². The highest BCUT2D eigenvalue weighted by atomic mass is 16.5. The van der Waals surface area contributed by atoms with Crippen LogP contribution in [0.5, 0.6) is 0 Å². The van der Waals surface area contributed by atoms with Crippen molar-refractivity contribution in [3.05, 3.63) is 65.7 Å². The normalized spacial score (nSPS) is 11.3. The summed E-state index contributed by atoms with van der Waals surface area (Å²) in [7, 11) is 0. The number of hydrogen-bond acceptors (Lipinski definition) is 5. The monoisotopic (exact) mass is 441 g/mol. The van der Waals surface area contributed by atoms with Gasteiger partial charge < -0.3 is 15.7 Å². The molecule has 2 rings (SSSR count). The molecule has 0 bridgehead atoms. The molecule has 0 spiro atoms. The van der Waals surface area contributed by atoms with Crippen LogP contribution in [0.4, 0.5) is 5.69 Å². The molecule has 170 valence electrons. The van der Waals surface area contributed by atoms with E-state index in [9.17, 15) is 24.3 Å². The number of unbranched alkanes of at least 4 members (excludes halogenated alkanes) is 3. The number of benzene rings is 2. The van der Waals surface area contributed by atoms with Crippen molar-refractivity contribution in [1.29, 1.82) is 0 Å². The zero-order chi connectivity index (χ0) is 23.3. The zero-order valence-electron chi connectivity index (χ0n) is 17.5. The van der Waals surface area contributed by atoms with Gasteiger partial charge in [0.15, 0.2) is 6.04 Å². The van der Waals surface area contributed by atoms with Crippen LogP contribution in [0.3, 0.4) is 0 Å². The third-order valence-electron chi connectivity index (χ3n) is 4.77. The first-order valence-electron chi connectivity index (χ1n) is 10.3. The van der Waals surface area contributed by atoms with E-state index in [-0.39, 0.29) is 17.9 Å². The molecule has 0 heterocycles. The van der Waals surface area contributed by atoms with Gasteiger partial charge in [-0.1, -0.05) is 43.2 Å². The second-order valence-electron chi connectivity index (χ2n) is 7.23. The second kappa shape index (κ2) is 12.9. The van der Waals surface area contributed by atoms with Crippen molar-refractivity contribution < 1.29 is 29.5 Å². The van der Waals surface area contributed by atoms with E-state index >= 15 is 0 Å². The molecule has 0 saturated carbocycles. The van der Waals surface area contributed by atoms with E-state index in [4.69, 9.17) is 5.21 Å². The maximum Gasteiger partial charge on any atom is 0.330 e. The molecule has 0 saturated heterocycles. The van der Waals surface area contributed by atoms with Crippen LogP contribution in [0.1, 0.15) is 60.5 Å². The van der Waals surface area contributed by atoms with Gasteiger partial charge in [-0.05, 0) is 42.7 Å². The average molecular weight is 441 g/mol. The first-order chi connectivity index (χ1) is 15.4. The first-order valence-corrected chi connectivity index (χ1v) is 10.3. The second-order valence-corrected chi connectivity index (χ2v) is 7.23. The summed E-state index contributed by atoms with van der Waals surface area (Å²) in [5.74, 6) is -2.28. The number of carbonyl (C=O) groups is 4. The van der Waals surface area contributed by atoms with Gasteiger partial charge in [0.05, 0.1) is 0 Å². The number of aliphatic carboxylic acids is 1. The Morgan fingerprint density at radius 2 is 1.38 bits per heavy atom. The van der Waals surface area contributed by atoms with Crippen LogP contribution in [0.15, 0.2) is 54.6 Å². The summed E-state index contributed by atoms with van der Waals surface area (Å²) >= 11 is 0. The summed E-state index contributed by atoms with van der Waals surface area (Å²) in [4.78, 5) is 46.9. The van der Waals surface area contributed by atoms with E-state index in [1.165, 1.54) is 12.1 Å². The van der Waals surface area contributed by atoms with Gasteiger partial charge in [0.1, 0.15) is 0 Å². The Balaban J connectivity index is 1.79. The van der Waals surface area contributed by atoms with E-state index in [1.807, 2.05) is 0 Å². The molecule has 1 atom stereocenters. The highest BCUT2D eigenvalue weighted by Gasteiger charge is 2.22. The molecule has 0 radical (unpaired) electrons. The molecule has 0 aliphatic heterocycles. The largest absolute Gasteiger partial charge is 0.479 e. The van der Waals surface area contributed by atoms with E-state index in [0.717, 1.165) is 12.8 Å². The molecule has 0 aliphatic rings. The number of carboxylic acid groups (broad SMARTS) is 1. The van der Waals surface area contributed by atoms with Crippen molar-refractivity contribution in [1.82, 2.24) is 10.8 Å². The van der Waals surface area contributed by atoms with Gasteiger partial charge in [-0.3, -0.25) is 19.6 Å². The summed E-state index contributed by atoms with van der Waals surface area (Å²) in [5.41, 5.74) is 2.85. The highest BCUT2D eigenvalue weighted by molar-refractivity contribution is 5.97. The lowest BCUT2D eigenvalue weighted by Crippen LogP contribution is -2.33. The molecule has 32 heavy (non-hydrogen) atoms. The number of anilines is 1. The molecule has 0 unspecified atom stereocenters. The fourth-order valence-electron chi connectivity index (χ4n) is 3.06. The molecule has 0 aliphatic carbocycles. The van der Waals surface area contributed by atoms with E-state index < -0.39 is 23.8 Å². The number of hydrogen-bond donors (Lipinski definition) is 5. The zero-order valence-corrected chi connectivity index (χ0v) is 17.5. The molecule has 3 amide bonds. The van der Waals surface area contributed by atoms with Crippen molar-refractivity contribution in [3.8, 4) is 0 Å². The molecule has 2 aromatic rings. The molecule has 9 heteroatoms. The smallest absolute Gasteiger partial charge is 0.330 e. The minimum atomic E-state index is -1.17. The quantitative estimate of drug-likeness (QED) is 0.194. The van der Waals surface area contributed by atoms with Crippen LogP contribution in [-0.2, 0) is 14.4 Å². The molecule has 0 aromatic heterocycles. The topological polar surface area (TPSA) is 145 Å². The van der Waals surface area contributed by atoms with Crippen molar-refractivity contribution in [2.75, 3.05) is 5.32 Å². The maximum absolute atomic E-state index is 12.5. The fourth-order valence-corrected chi connectivity index (χ4v) is 3.06. The van der Waals surface area contributed by atoms with Gasteiger partial charge in [0, 0.05) is 24.1 Å². The van der Waals surface area contributed by atoms with Crippen molar-refractivity contribution in [2.24, 2.45) is 0 Å². The SMILES string of the molecule is O=C(CCCCCCC(=O)Nc1ccc(C(=O)N[C@H](C(=O)O)c2ccccc2)cc1)NO. The van der Waals surface area contributed by atoms with Crippen LogP contribution in [-0.4, -0.2) is 34.0 Å². The number of carboxylic acids is 1. The van der Waals surface area contributed by atoms with Gasteiger partial charge in [0.25, 0.3) is 5.91 Å². The molecular formula is C23H27N3O6. The van der Waals surface area contributed by atoms with Crippen molar-refractivity contribution >= 4 is 29.4 Å². The Bertz CT molecular complexity index is 915. The van der Waals surface area contributed by atoms with Crippen molar-refractivity contribution in [2.45, 2.75) is 44.6 Å². The minimum absolute atomic E-state index is 0.162. The lowest BCUT2D eigenvalue weighted by atomic mass is 10.1. The van der Waals surface area contributed by atoms with Gasteiger partial charge in [-0.25, -0.2) is 10.3 Å². The van der Waals surface area contributed by atoms with Gasteiger partial charge in [-0.2, -0.15) is 0 Å². The van der Waals surface area contributed by atoms with Gasteiger partial charge in [0.2, 0.25) is 11.8 Å². The van der Waals surface area contributed by atoms with Crippen LogP contribution in [0, 0.1) is 0 Å². The molecule has 0 fully saturated rings. The van der Waals surface area contributed by atoms with Crippen LogP contribution in [0.2, 0.25) is 0 Å². The third-order valence-corrected chi connectivity index (χ3v) is 4.77. The molecule has 5 N–H and O–H groups in total. The number of rotatable bonds is 12. The number of hydroxylamine groups is 1. The Morgan fingerprint density at radius 3 is 1.94 bits per heavy atom. The first kappa shape index (κ1) is 24.5. The average Bonchev–Trinajstić information content (AvgIpc) is 2.80. The van der Waals surface area contributed by atoms with Gasteiger partial charge in [-0.15, -0.1) is 0 Å². The Hall–Kier alpha value is -3.72. The standard InChI is InChI=1S/C23H27N3O6/c27-19(10-6-1-2-7-11-20(28)26-32)24-18-14-12-17(13-15-18)22(29)25-21(23(30)31)16-8-4-3-5-9-16/h3-5,8-9,12-15,21,32H,1-2,6-7,10-11H2,(H,24,27)(H,25,29)(H,26,28)(H,30,31)/t21-/m0/s1.